The average Bonchev–Trinajstić information content (AvgIpc) is 1.49. The molecular weight excluding hydrogens is 1350 g/mol. The molecule has 0 saturated heterocycles. The van der Waals surface area contributed by atoms with Crippen LogP contribution in [0.2, 0.25) is 0 Å². The van der Waals surface area contributed by atoms with E-state index in [0.29, 0.717) is 184 Å². The van der Waals surface area contributed by atoms with Gasteiger partial charge in [0.05, 0.1) is 54.9 Å². The topological polar surface area (TPSA) is 447 Å². The highest BCUT2D eigenvalue weighted by Crippen LogP contribution is 2.51. The summed E-state index contributed by atoms with van der Waals surface area (Å²) in [7, 11) is 0. The number of aliphatic hydroxyl groups is 3. The van der Waals surface area contributed by atoms with Crippen molar-refractivity contribution in [2.24, 2.45) is 21.7 Å². The van der Waals surface area contributed by atoms with E-state index in [1.54, 1.807) is 6.20 Å². The second-order valence-corrected chi connectivity index (χ2v) is 31.3. The first-order chi connectivity index (χ1) is 50.8. The van der Waals surface area contributed by atoms with Gasteiger partial charge in [-0.2, -0.15) is 51.1 Å². The molecule has 8 aromatic rings. The van der Waals surface area contributed by atoms with E-state index in [4.69, 9.17) is 28.6 Å². The average molecular weight is 1440 g/mol. The number of rotatable bonds is 28. The van der Waals surface area contributed by atoms with Crippen molar-refractivity contribution in [2.45, 2.75) is 213 Å². The fraction of sp³-hybridized carbons (Fsp3) is 0.547. The number of nitrogens with one attached hydrogen (secondary N) is 8. The molecular formula is C75H95N25O6. The third kappa shape index (κ3) is 17.7. The van der Waals surface area contributed by atoms with Gasteiger partial charge in [-0.25, -0.2) is 19.9 Å². The lowest BCUT2D eigenvalue weighted by Crippen LogP contribution is -2.50. The minimum Gasteiger partial charge on any atom is -0.466 e. The molecule has 4 saturated carbocycles. The molecule has 4 aliphatic carbocycles. The number of nitriles is 4. The predicted octanol–water partition coefficient (Wildman–Crippen LogP) is 9.70. The van der Waals surface area contributed by atoms with Crippen molar-refractivity contribution in [3.05, 3.63) is 124 Å². The van der Waals surface area contributed by atoms with Gasteiger partial charge in [0, 0.05) is 92.3 Å². The van der Waals surface area contributed by atoms with Crippen LogP contribution in [0.3, 0.4) is 0 Å². The molecule has 0 aromatic carbocycles. The van der Waals surface area contributed by atoms with Crippen LogP contribution in [0.25, 0.3) is 0 Å². The molecule has 31 nitrogen and oxygen atoms in total. The minimum atomic E-state index is -1.23. The van der Waals surface area contributed by atoms with Crippen LogP contribution in [0.15, 0.2) is 76.5 Å². The van der Waals surface area contributed by atoms with E-state index in [1.165, 1.54) is 24.8 Å². The van der Waals surface area contributed by atoms with Gasteiger partial charge in [0.1, 0.15) is 93.0 Å². The summed E-state index contributed by atoms with van der Waals surface area (Å²) in [5.74, 6) is 4.54. The summed E-state index contributed by atoms with van der Waals surface area (Å²) >= 11 is 0. The Morgan fingerprint density at radius 1 is 0.557 bits per heavy atom. The molecule has 9 atom stereocenters. The Kier molecular flexibility index (Phi) is 22.5. The van der Waals surface area contributed by atoms with Crippen molar-refractivity contribution in [1.82, 2.24) is 64.8 Å². The van der Waals surface area contributed by atoms with Gasteiger partial charge >= 0.3 is 6.08 Å². The summed E-state index contributed by atoms with van der Waals surface area (Å²) in [5.41, 5.74) is 0.817. The van der Waals surface area contributed by atoms with Gasteiger partial charge in [-0.1, -0.05) is 66.6 Å². The number of hydrogen-bond donors (Lipinski definition) is 11. The maximum atomic E-state index is 12.4. The first-order valence-electron chi connectivity index (χ1n) is 36.5. The highest BCUT2D eigenvalue weighted by atomic mass is 16.6. The molecule has 0 aliphatic heterocycles. The molecule has 8 aromatic heterocycles. The Bertz CT molecular complexity index is 4540. The number of ether oxygens (including phenoxy) is 1. The molecule has 31 heteroatoms. The number of pyridine rings is 1. The van der Waals surface area contributed by atoms with E-state index in [2.05, 4.69) is 140 Å². The number of aromatic nitrogens is 13. The maximum absolute atomic E-state index is 12.4. The number of furan rings is 1. The number of nitrogens with zero attached hydrogens (tertiary/aromatic N) is 17. The number of anilines is 8. The number of hydrogen-bond acceptors (Lipinski definition) is 30. The fourth-order valence-corrected chi connectivity index (χ4v) is 15.3. The summed E-state index contributed by atoms with van der Waals surface area (Å²) in [6.07, 6.45) is 16.9. The van der Waals surface area contributed by atoms with Gasteiger partial charge in [0.15, 0.2) is 5.82 Å². The van der Waals surface area contributed by atoms with Gasteiger partial charge in [-0.15, -0.1) is 0 Å². The standard InChI is InChI=1S/C75H95N25O6/c1-44-22-28-100(98-44)29-27-83-69-88-42-47(36-77)63(96-69)90-51-12-17-59(72(4,5)32-51)105-70-93-60(99-106-70)21-26-82-68-87-43-49(38-79)65(97-68)92-53-30-55(61(102)73(6,7)33-53)56-14-13-54(104-56)20-25-81-67-86-41-48(37-78)64(95-67)91-52-18-23-75(103,74(8,9)34-52)57-15-10-45(39-84-57)19-24-80-66-85-40-46(35-76)62(94-66)89-50-11-16-58(101)71(2,3)31-50/h10,13-15,22,28,39-43,50-53,55,58-59,61,101-103H,11-12,16-21,23-27,29-34H2,1-9H3,(H2,80,85,89,94)(H2,81,86,91,95)(H2,82,87,92,97)(H2,83,88,90,96)/t50-,51-,52-,53-,55?,58+,59+,61+,75-/m1/s1. The SMILES string of the molecule is Cc1ccn(CCNc2ncc(C#N)c(N[C@@H]3CC[C@H](Oc4nc(CCNc5ncc(C#N)c(N[C@@H]6CC(c7ccc(CCNc8ncc(C#N)c(N[C@@H]9CC[C@@](O)(c%10ccc(CCNc%11ncc(C#N)c(N[C@@H]%12CC[C@H](O)C(C)(C)C%12)n%11)cn%10)C(C)(C)C9)n8)o7)[C@H](O)C(C)(C)C6)n5)no4)C(C)(C)C3)n2)n1. The molecule has 1 unspecified atom stereocenters. The molecule has 11 N–H and O–H groups in total. The molecule has 0 spiro atoms. The third-order valence-electron chi connectivity index (χ3n) is 21.5. The Hall–Kier alpha value is -10.9. The third-order valence-corrected chi connectivity index (χ3v) is 21.5. The minimum absolute atomic E-state index is 0.0205. The molecule has 4 fully saturated rings. The quantitative estimate of drug-likeness (QED) is 0.0217. The van der Waals surface area contributed by atoms with Crippen LogP contribution in [0, 0.1) is 73.9 Å². The Morgan fingerprint density at radius 3 is 1.61 bits per heavy atom. The summed E-state index contributed by atoms with van der Waals surface area (Å²) in [6, 6.07) is 18.3. The first-order valence-corrected chi connectivity index (χ1v) is 36.5. The Balaban J connectivity index is 0.585. The highest BCUT2D eigenvalue weighted by molar-refractivity contribution is 5.57. The monoisotopic (exact) mass is 1440 g/mol. The van der Waals surface area contributed by atoms with Crippen LogP contribution in [-0.4, -0.2) is 149 Å². The van der Waals surface area contributed by atoms with E-state index in [1.807, 2.05) is 75.8 Å². The molecule has 12 rings (SSSR count). The molecule has 0 bridgehead atoms. The molecule has 106 heavy (non-hydrogen) atoms. The van der Waals surface area contributed by atoms with E-state index in [-0.39, 0.29) is 64.8 Å². The zero-order valence-corrected chi connectivity index (χ0v) is 61.6. The maximum Gasteiger partial charge on any atom is 0.417 e. The van der Waals surface area contributed by atoms with E-state index >= 15 is 0 Å². The highest BCUT2D eigenvalue weighted by Gasteiger charge is 2.51. The zero-order valence-electron chi connectivity index (χ0n) is 61.6. The summed E-state index contributed by atoms with van der Waals surface area (Å²) in [5, 5.41) is 110. The lowest BCUT2D eigenvalue weighted by atomic mass is 9.62. The van der Waals surface area contributed by atoms with Crippen molar-refractivity contribution in [3.8, 4) is 30.4 Å². The normalized spacial score (nSPS) is 23.5. The van der Waals surface area contributed by atoms with Crippen molar-refractivity contribution in [2.75, 3.05) is 68.7 Å². The second-order valence-electron chi connectivity index (χ2n) is 31.3. The smallest absolute Gasteiger partial charge is 0.417 e. The van der Waals surface area contributed by atoms with Crippen LogP contribution in [-0.2, 0) is 31.4 Å². The second kappa shape index (κ2) is 31.8. The Labute approximate surface area is 616 Å². The summed E-state index contributed by atoms with van der Waals surface area (Å²) in [6.45, 7) is 20.9. The summed E-state index contributed by atoms with van der Waals surface area (Å²) < 4.78 is 20.2. The van der Waals surface area contributed by atoms with Crippen LogP contribution in [0.1, 0.15) is 188 Å². The summed E-state index contributed by atoms with van der Waals surface area (Å²) in [4.78, 5) is 45.7. The lowest BCUT2D eigenvalue weighted by Gasteiger charge is -2.49. The predicted molar refractivity (Wildman–Crippen MR) is 395 cm³/mol. The van der Waals surface area contributed by atoms with Crippen molar-refractivity contribution >= 4 is 47.1 Å². The fourth-order valence-electron chi connectivity index (χ4n) is 15.3. The number of aryl methyl sites for hydroxylation is 1. The largest absolute Gasteiger partial charge is 0.466 e. The van der Waals surface area contributed by atoms with Crippen LogP contribution in [0.5, 0.6) is 6.08 Å². The zero-order chi connectivity index (χ0) is 75.0. The van der Waals surface area contributed by atoms with Gasteiger partial charge in [-0.3, -0.25) is 14.2 Å². The van der Waals surface area contributed by atoms with Crippen molar-refractivity contribution < 1.29 is 29.0 Å². The van der Waals surface area contributed by atoms with Crippen molar-refractivity contribution in [3.63, 3.8) is 0 Å². The molecule has 556 valence electrons. The molecule has 0 radical (unpaired) electrons. The number of aliphatic hydroxyl groups excluding tert-OH is 2. The first kappa shape index (κ1) is 74.8. The van der Waals surface area contributed by atoms with Gasteiger partial charge in [-0.05, 0) is 125 Å². The van der Waals surface area contributed by atoms with Crippen LogP contribution in [0.4, 0.5) is 47.1 Å². The van der Waals surface area contributed by atoms with Gasteiger partial charge in [0.2, 0.25) is 23.8 Å². The lowest BCUT2D eigenvalue weighted by molar-refractivity contribution is -0.109. The van der Waals surface area contributed by atoms with Crippen LogP contribution < -0.4 is 47.3 Å². The molecule has 4 aliphatic rings. The molecule has 8 heterocycles. The van der Waals surface area contributed by atoms with Gasteiger partial charge in [0.25, 0.3) is 0 Å². The van der Waals surface area contributed by atoms with E-state index in [0.717, 1.165) is 36.9 Å². The van der Waals surface area contributed by atoms with Crippen LogP contribution >= 0.6 is 0 Å². The Morgan fingerprint density at radius 2 is 1.08 bits per heavy atom. The molecule has 0 amide bonds. The van der Waals surface area contributed by atoms with Gasteiger partial charge < -0.3 is 67.0 Å². The van der Waals surface area contributed by atoms with E-state index in [9.17, 15) is 36.4 Å². The van der Waals surface area contributed by atoms with E-state index < -0.39 is 22.5 Å². The van der Waals surface area contributed by atoms with Crippen molar-refractivity contribution in [1.29, 1.82) is 21.0 Å².